The maximum Gasteiger partial charge on any atom is 0.328 e. The molecule has 0 bridgehead atoms. The first-order chi connectivity index (χ1) is 6.02. The summed E-state index contributed by atoms with van der Waals surface area (Å²) in [4.78, 5) is 22.0. The molecule has 0 aliphatic carbocycles. The van der Waals surface area contributed by atoms with Crippen LogP contribution in [-0.4, -0.2) is 31.1 Å². The fourth-order valence-corrected chi connectivity index (χ4v) is 0.650. The van der Waals surface area contributed by atoms with E-state index in [0.717, 1.165) is 0 Å². The molecule has 6 heteroatoms. The Balaban J connectivity index is 3.98. The topological polar surface area (TPSA) is 93.4 Å². The standard InChI is InChI=1S/C7H15N3O3/c1-4(10-8)6(11)9-5(2)7(12)13-3/h4-5,10H,8H2,1-3H3,(H,9,11)/t4-,5-/m0/s1. The molecule has 0 aliphatic rings. The van der Waals surface area contributed by atoms with Gasteiger partial charge in [-0.25, -0.2) is 10.2 Å². The van der Waals surface area contributed by atoms with E-state index < -0.39 is 18.1 Å². The predicted molar refractivity (Wildman–Crippen MR) is 46.4 cm³/mol. The number of ether oxygens (including phenoxy) is 1. The van der Waals surface area contributed by atoms with Crippen molar-refractivity contribution in [3.63, 3.8) is 0 Å². The molecule has 0 aromatic carbocycles. The SMILES string of the molecule is COC(=O)[C@H](C)NC(=O)[C@H](C)NN. The van der Waals surface area contributed by atoms with E-state index in [-0.39, 0.29) is 5.91 Å². The minimum atomic E-state index is -0.659. The Morgan fingerprint density at radius 2 is 1.85 bits per heavy atom. The molecule has 0 aromatic heterocycles. The molecule has 0 heterocycles. The second-order valence-electron chi connectivity index (χ2n) is 2.64. The number of amides is 1. The van der Waals surface area contributed by atoms with E-state index in [1.165, 1.54) is 14.0 Å². The van der Waals surface area contributed by atoms with E-state index in [9.17, 15) is 9.59 Å². The van der Waals surface area contributed by atoms with Gasteiger partial charge in [0, 0.05) is 0 Å². The van der Waals surface area contributed by atoms with E-state index in [1.807, 2.05) is 0 Å². The van der Waals surface area contributed by atoms with Gasteiger partial charge in [0.05, 0.1) is 13.2 Å². The maximum absolute atomic E-state index is 11.1. The van der Waals surface area contributed by atoms with Crippen molar-refractivity contribution in [3.05, 3.63) is 0 Å². The van der Waals surface area contributed by atoms with Crippen LogP contribution in [0.5, 0.6) is 0 Å². The molecular weight excluding hydrogens is 174 g/mol. The normalized spacial score (nSPS) is 14.5. The van der Waals surface area contributed by atoms with Crippen LogP contribution in [0.1, 0.15) is 13.8 Å². The van der Waals surface area contributed by atoms with E-state index in [2.05, 4.69) is 15.5 Å². The highest BCUT2D eigenvalue weighted by atomic mass is 16.5. The van der Waals surface area contributed by atoms with Crippen molar-refractivity contribution in [2.24, 2.45) is 5.84 Å². The number of hydrogen-bond acceptors (Lipinski definition) is 5. The first kappa shape index (κ1) is 11.9. The van der Waals surface area contributed by atoms with Gasteiger partial charge in [-0.05, 0) is 13.8 Å². The van der Waals surface area contributed by atoms with Gasteiger partial charge in [0.1, 0.15) is 6.04 Å². The Morgan fingerprint density at radius 3 is 2.23 bits per heavy atom. The van der Waals surface area contributed by atoms with Crippen LogP contribution < -0.4 is 16.6 Å². The Labute approximate surface area is 76.8 Å². The Kier molecular flexibility index (Phi) is 5.01. The first-order valence-electron chi connectivity index (χ1n) is 3.87. The van der Waals surface area contributed by atoms with Gasteiger partial charge in [-0.3, -0.25) is 10.6 Å². The zero-order valence-electron chi connectivity index (χ0n) is 7.96. The molecule has 76 valence electrons. The smallest absolute Gasteiger partial charge is 0.328 e. The summed E-state index contributed by atoms with van der Waals surface area (Å²) in [6.45, 7) is 3.12. The van der Waals surface area contributed by atoms with Crippen molar-refractivity contribution in [1.29, 1.82) is 0 Å². The van der Waals surface area contributed by atoms with Crippen molar-refractivity contribution in [1.82, 2.24) is 10.7 Å². The summed E-state index contributed by atoms with van der Waals surface area (Å²) in [6, 6.07) is -1.19. The molecule has 0 aromatic rings. The molecule has 6 nitrogen and oxygen atoms in total. The summed E-state index contributed by atoms with van der Waals surface area (Å²) < 4.78 is 4.42. The summed E-state index contributed by atoms with van der Waals surface area (Å²) in [6.07, 6.45) is 0. The highest BCUT2D eigenvalue weighted by molar-refractivity contribution is 5.86. The van der Waals surface area contributed by atoms with Crippen LogP contribution in [0.4, 0.5) is 0 Å². The zero-order chi connectivity index (χ0) is 10.4. The number of carbonyl (C=O) groups excluding carboxylic acids is 2. The lowest BCUT2D eigenvalue weighted by molar-refractivity contribution is -0.144. The Morgan fingerprint density at radius 1 is 1.31 bits per heavy atom. The molecule has 0 fully saturated rings. The third-order valence-electron chi connectivity index (χ3n) is 1.56. The molecule has 0 spiro atoms. The van der Waals surface area contributed by atoms with Gasteiger partial charge >= 0.3 is 5.97 Å². The number of nitrogens with one attached hydrogen (secondary N) is 2. The minimum absolute atomic E-state index is 0.347. The number of nitrogens with two attached hydrogens (primary N) is 1. The molecule has 0 unspecified atom stereocenters. The molecule has 4 N–H and O–H groups in total. The van der Waals surface area contributed by atoms with Crippen molar-refractivity contribution in [2.75, 3.05) is 7.11 Å². The van der Waals surface area contributed by atoms with E-state index in [4.69, 9.17) is 5.84 Å². The van der Waals surface area contributed by atoms with Crippen molar-refractivity contribution in [2.45, 2.75) is 25.9 Å². The highest BCUT2D eigenvalue weighted by Gasteiger charge is 2.18. The largest absolute Gasteiger partial charge is 0.467 e. The van der Waals surface area contributed by atoms with Crippen LogP contribution >= 0.6 is 0 Å². The van der Waals surface area contributed by atoms with Gasteiger partial charge < -0.3 is 10.1 Å². The highest BCUT2D eigenvalue weighted by Crippen LogP contribution is 1.87. The molecule has 0 radical (unpaired) electrons. The van der Waals surface area contributed by atoms with Gasteiger partial charge in [0.25, 0.3) is 0 Å². The summed E-state index contributed by atoms with van der Waals surface area (Å²) in [7, 11) is 1.26. The van der Waals surface area contributed by atoms with Gasteiger partial charge in [-0.1, -0.05) is 0 Å². The van der Waals surface area contributed by atoms with Gasteiger partial charge in [-0.15, -0.1) is 0 Å². The molecule has 0 rings (SSSR count). The zero-order valence-corrected chi connectivity index (χ0v) is 7.96. The fraction of sp³-hybridized carbons (Fsp3) is 0.714. The minimum Gasteiger partial charge on any atom is -0.467 e. The van der Waals surface area contributed by atoms with Crippen molar-refractivity contribution >= 4 is 11.9 Å². The fourth-order valence-electron chi connectivity index (χ4n) is 0.650. The van der Waals surface area contributed by atoms with Crippen molar-refractivity contribution < 1.29 is 14.3 Å². The summed E-state index contributed by atoms with van der Waals surface area (Å²) in [5.74, 6) is 4.20. The number of rotatable bonds is 4. The van der Waals surface area contributed by atoms with Crippen LogP contribution in [0.3, 0.4) is 0 Å². The lowest BCUT2D eigenvalue weighted by Gasteiger charge is -2.14. The monoisotopic (exact) mass is 189 g/mol. The Bertz CT molecular complexity index is 195. The molecule has 13 heavy (non-hydrogen) atoms. The van der Waals surface area contributed by atoms with E-state index in [1.54, 1.807) is 6.92 Å². The lowest BCUT2D eigenvalue weighted by Crippen LogP contribution is -2.50. The number of methoxy groups -OCH3 is 1. The second kappa shape index (κ2) is 5.50. The molecule has 0 saturated carbocycles. The van der Waals surface area contributed by atoms with E-state index >= 15 is 0 Å². The average molecular weight is 189 g/mol. The molecule has 1 amide bonds. The number of carbonyl (C=O) groups is 2. The summed E-state index contributed by atoms with van der Waals surface area (Å²) in [5.41, 5.74) is 2.26. The molecule has 0 saturated heterocycles. The maximum atomic E-state index is 11.1. The van der Waals surface area contributed by atoms with Crippen LogP contribution in [0, 0.1) is 0 Å². The Hall–Kier alpha value is -1.14. The second-order valence-corrected chi connectivity index (χ2v) is 2.64. The number of hydrogen-bond donors (Lipinski definition) is 3. The van der Waals surface area contributed by atoms with Crippen LogP contribution in [0.25, 0.3) is 0 Å². The van der Waals surface area contributed by atoms with Gasteiger partial charge in [0.2, 0.25) is 5.91 Å². The van der Waals surface area contributed by atoms with Crippen LogP contribution in [0.2, 0.25) is 0 Å². The molecule has 0 aliphatic heterocycles. The molecule has 2 atom stereocenters. The van der Waals surface area contributed by atoms with E-state index in [0.29, 0.717) is 0 Å². The summed E-state index contributed by atoms with van der Waals surface area (Å²) in [5, 5.41) is 2.43. The third kappa shape index (κ3) is 3.86. The average Bonchev–Trinajstić information content (AvgIpc) is 2.14. The first-order valence-corrected chi connectivity index (χ1v) is 3.87. The number of hydrazine groups is 1. The number of esters is 1. The van der Waals surface area contributed by atoms with Crippen LogP contribution in [-0.2, 0) is 14.3 Å². The van der Waals surface area contributed by atoms with Crippen LogP contribution in [0.15, 0.2) is 0 Å². The van der Waals surface area contributed by atoms with Crippen molar-refractivity contribution in [3.8, 4) is 0 Å². The molecular formula is C7H15N3O3. The summed E-state index contributed by atoms with van der Waals surface area (Å²) >= 11 is 0. The third-order valence-corrected chi connectivity index (χ3v) is 1.56. The predicted octanol–water partition coefficient (Wildman–Crippen LogP) is -1.48. The lowest BCUT2D eigenvalue weighted by atomic mass is 10.3. The van der Waals surface area contributed by atoms with Gasteiger partial charge in [0.15, 0.2) is 0 Å². The quantitative estimate of drug-likeness (QED) is 0.285. The van der Waals surface area contributed by atoms with Gasteiger partial charge in [-0.2, -0.15) is 0 Å².